The number of nitro groups is 1. The first-order chi connectivity index (χ1) is 7.54. The smallest absolute Gasteiger partial charge is 0.294 e. The first-order valence-corrected chi connectivity index (χ1v) is 4.25. The van der Waals surface area contributed by atoms with E-state index in [0.29, 0.717) is 0 Å². The number of carbonyl (C=O) groups is 1. The van der Waals surface area contributed by atoms with Gasteiger partial charge in [0, 0.05) is 11.8 Å². The van der Waals surface area contributed by atoms with Crippen LogP contribution in [0.25, 0.3) is 0 Å². The maximum absolute atomic E-state index is 11.0. The second-order valence-electron chi connectivity index (χ2n) is 2.91. The van der Waals surface area contributed by atoms with Crippen molar-refractivity contribution in [2.45, 2.75) is 6.42 Å². The molecule has 0 unspecified atom stereocenters. The molecule has 1 rings (SSSR count). The molecular weight excluding hydrogens is 212 g/mol. The summed E-state index contributed by atoms with van der Waals surface area (Å²) >= 11 is 0. The molecule has 0 saturated carbocycles. The summed E-state index contributed by atoms with van der Waals surface area (Å²) in [5, 5.41) is 21.2. The summed E-state index contributed by atoms with van der Waals surface area (Å²) in [7, 11) is 0. The largest absolute Gasteiger partial charge is 0.393 e. The predicted octanol–water partition coefficient (Wildman–Crippen LogP) is 1.03. The number of anilines is 2. The highest BCUT2D eigenvalue weighted by Crippen LogP contribution is 2.24. The minimum atomic E-state index is -0.644. The summed E-state index contributed by atoms with van der Waals surface area (Å²) in [6.45, 7) is 0. The van der Waals surface area contributed by atoms with Crippen LogP contribution in [0.4, 0.5) is 17.1 Å². The molecule has 3 N–H and O–H groups in total. The van der Waals surface area contributed by atoms with E-state index in [9.17, 15) is 14.9 Å². The number of nitrogens with one attached hydrogen (secondary N) is 1. The lowest BCUT2D eigenvalue weighted by atomic mass is 10.2. The van der Waals surface area contributed by atoms with E-state index >= 15 is 0 Å². The molecule has 1 amide bonds. The normalized spacial score (nSPS) is 9.19. The molecule has 1 aromatic rings. The van der Waals surface area contributed by atoms with Crippen LogP contribution in [0.3, 0.4) is 0 Å². The van der Waals surface area contributed by atoms with Crippen LogP contribution in [0, 0.1) is 21.4 Å². The highest BCUT2D eigenvalue weighted by molar-refractivity contribution is 5.92. The lowest BCUT2D eigenvalue weighted by Crippen LogP contribution is -2.10. The topological polar surface area (TPSA) is 122 Å². The Morgan fingerprint density at radius 3 is 2.88 bits per heavy atom. The van der Waals surface area contributed by atoms with E-state index in [0.717, 1.165) is 6.07 Å². The molecule has 0 radical (unpaired) electrons. The Morgan fingerprint density at radius 2 is 2.31 bits per heavy atom. The lowest BCUT2D eigenvalue weighted by Gasteiger charge is -2.03. The van der Waals surface area contributed by atoms with E-state index in [4.69, 9.17) is 11.0 Å². The van der Waals surface area contributed by atoms with Gasteiger partial charge in [0.15, 0.2) is 0 Å². The summed E-state index contributed by atoms with van der Waals surface area (Å²) in [6.07, 6.45) is -0.307. The molecule has 0 atom stereocenters. The highest BCUT2D eigenvalue weighted by Gasteiger charge is 2.12. The van der Waals surface area contributed by atoms with Gasteiger partial charge in [0.2, 0.25) is 5.91 Å². The number of nitriles is 1. The molecule has 1 aromatic carbocycles. The number of hydrogen-bond acceptors (Lipinski definition) is 5. The molecule has 7 heteroatoms. The zero-order valence-corrected chi connectivity index (χ0v) is 8.14. The molecule has 0 bridgehead atoms. The Hall–Kier alpha value is -2.62. The van der Waals surface area contributed by atoms with Gasteiger partial charge in [0.1, 0.15) is 12.1 Å². The Labute approximate surface area is 90.6 Å². The molecular formula is C9H8N4O3. The number of carbonyl (C=O) groups excluding carboxylic acids is 1. The number of nitro benzene ring substituents is 1. The fourth-order valence-electron chi connectivity index (χ4n) is 1.06. The molecule has 0 aliphatic heterocycles. The first kappa shape index (κ1) is 11.5. The van der Waals surface area contributed by atoms with Crippen molar-refractivity contribution in [3.05, 3.63) is 28.3 Å². The summed E-state index contributed by atoms with van der Waals surface area (Å²) in [5.41, 5.74) is 5.34. The number of benzene rings is 1. The SMILES string of the molecule is N#CCC(=O)Nc1ccc(N)c([N+](=O)[O-])c1. The van der Waals surface area contributed by atoms with Crippen molar-refractivity contribution in [1.29, 1.82) is 5.26 Å². The number of nitrogens with two attached hydrogens (primary N) is 1. The fourth-order valence-corrected chi connectivity index (χ4v) is 1.06. The van der Waals surface area contributed by atoms with Gasteiger partial charge < -0.3 is 11.1 Å². The highest BCUT2D eigenvalue weighted by atomic mass is 16.6. The van der Waals surface area contributed by atoms with Crippen molar-refractivity contribution in [2.24, 2.45) is 0 Å². The van der Waals surface area contributed by atoms with Crippen molar-refractivity contribution in [3.8, 4) is 6.07 Å². The van der Waals surface area contributed by atoms with Crippen molar-refractivity contribution in [1.82, 2.24) is 0 Å². The van der Waals surface area contributed by atoms with Crippen LogP contribution in [-0.2, 0) is 4.79 Å². The molecule has 7 nitrogen and oxygen atoms in total. The van der Waals surface area contributed by atoms with Crippen LogP contribution in [0.2, 0.25) is 0 Å². The monoisotopic (exact) mass is 220 g/mol. The maximum atomic E-state index is 11.0. The Kier molecular flexibility index (Phi) is 3.40. The minimum Gasteiger partial charge on any atom is -0.393 e. The van der Waals surface area contributed by atoms with Crippen LogP contribution in [0.1, 0.15) is 6.42 Å². The molecule has 16 heavy (non-hydrogen) atoms. The van der Waals surface area contributed by atoms with Crippen LogP contribution in [0.5, 0.6) is 0 Å². The molecule has 0 heterocycles. The maximum Gasteiger partial charge on any atom is 0.294 e. The second-order valence-corrected chi connectivity index (χ2v) is 2.91. The van der Waals surface area contributed by atoms with Gasteiger partial charge in [-0.05, 0) is 12.1 Å². The van der Waals surface area contributed by atoms with E-state index in [2.05, 4.69) is 5.32 Å². The van der Waals surface area contributed by atoms with E-state index in [1.807, 2.05) is 0 Å². The number of nitrogens with zero attached hydrogens (tertiary/aromatic N) is 2. The van der Waals surface area contributed by atoms with Crippen LogP contribution < -0.4 is 11.1 Å². The van der Waals surface area contributed by atoms with Gasteiger partial charge in [0.05, 0.1) is 11.0 Å². The lowest BCUT2D eigenvalue weighted by molar-refractivity contribution is -0.383. The summed E-state index contributed by atoms with van der Waals surface area (Å²) in [6, 6.07) is 5.56. The number of rotatable bonds is 3. The zero-order valence-electron chi connectivity index (χ0n) is 8.14. The van der Waals surface area contributed by atoms with Crippen molar-refractivity contribution in [2.75, 3.05) is 11.1 Å². The van der Waals surface area contributed by atoms with E-state index in [1.165, 1.54) is 12.1 Å². The van der Waals surface area contributed by atoms with E-state index in [1.54, 1.807) is 6.07 Å². The zero-order chi connectivity index (χ0) is 12.1. The van der Waals surface area contributed by atoms with Gasteiger partial charge in [-0.3, -0.25) is 14.9 Å². The third-order valence-corrected chi connectivity index (χ3v) is 1.75. The second kappa shape index (κ2) is 4.75. The average Bonchev–Trinajstić information content (AvgIpc) is 2.21. The van der Waals surface area contributed by atoms with Crippen molar-refractivity contribution < 1.29 is 9.72 Å². The summed E-state index contributed by atoms with van der Waals surface area (Å²) in [5.74, 6) is -0.526. The predicted molar refractivity (Wildman–Crippen MR) is 56.4 cm³/mol. The fraction of sp³-hybridized carbons (Fsp3) is 0.111. The quantitative estimate of drug-likeness (QED) is 0.447. The van der Waals surface area contributed by atoms with Crippen LogP contribution >= 0.6 is 0 Å². The minimum absolute atomic E-state index is 0.0169. The summed E-state index contributed by atoms with van der Waals surface area (Å²) in [4.78, 5) is 20.9. The van der Waals surface area contributed by atoms with E-state index in [-0.39, 0.29) is 23.5 Å². The number of amides is 1. The van der Waals surface area contributed by atoms with Gasteiger partial charge >= 0.3 is 0 Å². The standard InChI is InChI=1S/C9H8N4O3/c10-4-3-9(14)12-6-1-2-7(11)8(5-6)13(15)16/h1-2,5H,3,11H2,(H,12,14). The Morgan fingerprint density at radius 1 is 1.62 bits per heavy atom. The van der Waals surface area contributed by atoms with E-state index < -0.39 is 10.8 Å². The molecule has 82 valence electrons. The van der Waals surface area contributed by atoms with Crippen LogP contribution in [0.15, 0.2) is 18.2 Å². The van der Waals surface area contributed by atoms with Gasteiger partial charge in [-0.1, -0.05) is 0 Å². The van der Waals surface area contributed by atoms with Gasteiger partial charge in [-0.15, -0.1) is 0 Å². The van der Waals surface area contributed by atoms with Gasteiger partial charge in [0.25, 0.3) is 5.69 Å². The third-order valence-electron chi connectivity index (χ3n) is 1.75. The van der Waals surface area contributed by atoms with Gasteiger partial charge in [-0.2, -0.15) is 5.26 Å². The van der Waals surface area contributed by atoms with Crippen molar-refractivity contribution >= 4 is 23.0 Å². The summed E-state index contributed by atoms with van der Waals surface area (Å²) < 4.78 is 0. The Bertz CT molecular complexity index is 478. The van der Waals surface area contributed by atoms with Gasteiger partial charge in [-0.25, -0.2) is 0 Å². The average molecular weight is 220 g/mol. The third kappa shape index (κ3) is 2.68. The molecule has 0 aromatic heterocycles. The molecule has 0 fully saturated rings. The molecule has 0 aliphatic rings. The molecule has 0 aliphatic carbocycles. The van der Waals surface area contributed by atoms with Crippen molar-refractivity contribution in [3.63, 3.8) is 0 Å². The number of hydrogen-bond donors (Lipinski definition) is 2. The van der Waals surface area contributed by atoms with Crippen LogP contribution in [-0.4, -0.2) is 10.8 Å². The first-order valence-electron chi connectivity index (χ1n) is 4.25. The number of nitrogen functional groups attached to an aromatic ring is 1. The molecule has 0 saturated heterocycles. The Balaban J connectivity index is 2.92. The molecule has 0 spiro atoms.